The first-order valence-electron chi connectivity index (χ1n) is 5.80. The topological polar surface area (TPSA) is 35.5 Å². The first-order chi connectivity index (χ1) is 8.18. The van der Waals surface area contributed by atoms with E-state index in [2.05, 4.69) is 15.9 Å². The molecule has 0 radical (unpaired) electrons. The molecule has 0 aliphatic carbocycles. The van der Waals surface area contributed by atoms with Crippen LogP contribution >= 0.6 is 15.9 Å². The molecule has 0 spiro atoms. The van der Waals surface area contributed by atoms with Gasteiger partial charge in [0.15, 0.2) is 11.9 Å². The van der Waals surface area contributed by atoms with Crippen LogP contribution in [0.15, 0.2) is 16.6 Å². The molecule has 1 saturated heterocycles. The Morgan fingerprint density at radius 3 is 3.06 bits per heavy atom. The number of fused-ring (bicyclic) bond motifs is 2. The Balaban J connectivity index is 2.10. The molecular formula is C13H13BrO3. The van der Waals surface area contributed by atoms with Gasteiger partial charge in [-0.3, -0.25) is 4.79 Å². The summed E-state index contributed by atoms with van der Waals surface area (Å²) >= 11 is 3.44. The molecule has 17 heavy (non-hydrogen) atoms. The van der Waals surface area contributed by atoms with Crippen molar-refractivity contribution in [2.24, 2.45) is 0 Å². The van der Waals surface area contributed by atoms with Gasteiger partial charge < -0.3 is 9.47 Å². The standard InChI is InChI=1S/C13H13BrO3/c1-7-8(14)4-5-9-11(7)12(15)13-10(17-9)3-2-6-16-13/h4-5,10,13H,2-3,6H2,1H3/t10-,13-/m1/s1. The van der Waals surface area contributed by atoms with Crippen LogP contribution in [0.3, 0.4) is 0 Å². The Hall–Kier alpha value is -0.870. The fraction of sp³-hybridized carbons (Fsp3) is 0.462. The van der Waals surface area contributed by atoms with Gasteiger partial charge in [0.05, 0.1) is 5.56 Å². The Morgan fingerprint density at radius 1 is 1.41 bits per heavy atom. The van der Waals surface area contributed by atoms with Crippen LogP contribution in [0.5, 0.6) is 5.75 Å². The van der Waals surface area contributed by atoms with E-state index >= 15 is 0 Å². The van der Waals surface area contributed by atoms with Crippen molar-refractivity contribution in [3.63, 3.8) is 0 Å². The number of halogens is 1. The predicted molar refractivity (Wildman–Crippen MR) is 66.6 cm³/mol. The number of hydrogen-bond donors (Lipinski definition) is 0. The van der Waals surface area contributed by atoms with Crippen LogP contribution in [0.25, 0.3) is 0 Å². The van der Waals surface area contributed by atoms with Crippen LogP contribution in [0, 0.1) is 6.92 Å². The zero-order valence-corrected chi connectivity index (χ0v) is 11.1. The van der Waals surface area contributed by atoms with E-state index in [-0.39, 0.29) is 11.9 Å². The zero-order valence-electron chi connectivity index (χ0n) is 9.53. The van der Waals surface area contributed by atoms with E-state index in [9.17, 15) is 4.79 Å². The lowest BCUT2D eigenvalue weighted by Gasteiger charge is -2.36. The third-order valence-corrected chi connectivity index (χ3v) is 4.27. The molecule has 0 saturated carbocycles. The van der Waals surface area contributed by atoms with E-state index in [1.807, 2.05) is 19.1 Å². The van der Waals surface area contributed by atoms with Crippen LogP contribution < -0.4 is 4.74 Å². The zero-order chi connectivity index (χ0) is 12.0. The smallest absolute Gasteiger partial charge is 0.199 e. The van der Waals surface area contributed by atoms with Gasteiger partial charge in [-0.15, -0.1) is 0 Å². The number of benzene rings is 1. The Labute approximate surface area is 108 Å². The molecule has 4 heteroatoms. The molecule has 3 nitrogen and oxygen atoms in total. The van der Waals surface area contributed by atoms with Crippen LogP contribution in [-0.2, 0) is 4.74 Å². The average Bonchev–Trinajstić information content (AvgIpc) is 2.34. The monoisotopic (exact) mass is 296 g/mol. The molecule has 2 aliphatic heterocycles. The summed E-state index contributed by atoms with van der Waals surface area (Å²) in [5, 5.41) is 0. The van der Waals surface area contributed by atoms with Gasteiger partial charge in [0, 0.05) is 11.1 Å². The minimum atomic E-state index is -0.413. The molecule has 2 atom stereocenters. The minimum absolute atomic E-state index is 0.0646. The molecule has 0 N–H and O–H groups in total. The molecule has 0 amide bonds. The Kier molecular flexibility index (Phi) is 2.71. The van der Waals surface area contributed by atoms with Crippen LogP contribution in [0.4, 0.5) is 0 Å². The molecule has 1 aromatic carbocycles. The molecule has 2 heterocycles. The molecule has 1 aromatic rings. The average molecular weight is 297 g/mol. The maximum atomic E-state index is 12.4. The van der Waals surface area contributed by atoms with E-state index in [4.69, 9.17) is 9.47 Å². The number of carbonyl (C=O) groups excluding carboxylic acids is 1. The third-order valence-electron chi connectivity index (χ3n) is 3.41. The highest BCUT2D eigenvalue weighted by Gasteiger charge is 2.40. The number of carbonyl (C=O) groups is 1. The first-order valence-corrected chi connectivity index (χ1v) is 6.59. The quantitative estimate of drug-likeness (QED) is 0.738. The Morgan fingerprint density at radius 2 is 2.24 bits per heavy atom. The molecule has 90 valence electrons. The van der Waals surface area contributed by atoms with Crippen molar-refractivity contribution >= 4 is 21.7 Å². The van der Waals surface area contributed by atoms with Crippen molar-refractivity contribution in [3.05, 3.63) is 27.7 Å². The van der Waals surface area contributed by atoms with Gasteiger partial charge in [-0.25, -0.2) is 0 Å². The number of Topliss-reactive ketones (excluding diaryl/α,β-unsaturated/α-hetero) is 1. The summed E-state index contributed by atoms with van der Waals surface area (Å²) in [4.78, 5) is 12.4. The van der Waals surface area contributed by atoms with Crippen molar-refractivity contribution in [2.45, 2.75) is 32.0 Å². The molecule has 3 rings (SSSR count). The molecular weight excluding hydrogens is 284 g/mol. The third kappa shape index (κ3) is 1.70. The van der Waals surface area contributed by atoms with Crippen LogP contribution in [0.1, 0.15) is 28.8 Å². The van der Waals surface area contributed by atoms with Gasteiger partial charge in [-0.1, -0.05) is 15.9 Å². The van der Waals surface area contributed by atoms with Crippen molar-refractivity contribution in [1.29, 1.82) is 0 Å². The number of ether oxygens (including phenoxy) is 2. The van der Waals surface area contributed by atoms with Gasteiger partial charge in [-0.05, 0) is 37.5 Å². The summed E-state index contributed by atoms with van der Waals surface area (Å²) in [6.45, 7) is 2.58. The largest absolute Gasteiger partial charge is 0.486 e. The molecule has 0 aromatic heterocycles. The number of rotatable bonds is 0. The summed E-state index contributed by atoms with van der Waals surface area (Å²) in [5.41, 5.74) is 1.60. The fourth-order valence-electron chi connectivity index (χ4n) is 2.49. The maximum Gasteiger partial charge on any atom is 0.199 e. The molecule has 0 bridgehead atoms. The highest BCUT2D eigenvalue weighted by Crippen LogP contribution is 2.37. The summed E-state index contributed by atoms with van der Waals surface area (Å²) in [6.07, 6.45) is 1.33. The fourth-order valence-corrected chi connectivity index (χ4v) is 2.82. The second-order valence-corrected chi connectivity index (χ2v) is 5.35. The van der Waals surface area contributed by atoms with E-state index in [0.29, 0.717) is 17.9 Å². The molecule has 0 unspecified atom stereocenters. The van der Waals surface area contributed by atoms with E-state index in [1.165, 1.54) is 0 Å². The predicted octanol–water partition coefficient (Wildman–Crippen LogP) is 2.88. The maximum absolute atomic E-state index is 12.4. The Bertz CT molecular complexity index is 484. The van der Waals surface area contributed by atoms with Crippen molar-refractivity contribution in [2.75, 3.05) is 6.61 Å². The summed E-state index contributed by atoms with van der Waals surface area (Å²) in [5.74, 6) is 0.761. The summed E-state index contributed by atoms with van der Waals surface area (Å²) in [6, 6.07) is 3.78. The first kappa shape index (κ1) is 11.2. The van der Waals surface area contributed by atoms with Gasteiger partial charge in [-0.2, -0.15) is 0 Å². The van der Waals surface area contributed by atoms with Crippen LogP contribution in [-0.4, -0.2) is 24.6 Å². The lowest BCUT2D eigenvalue weighted by Crippen LogP contribution is -2.47. The SMILES string of the molecule is Cc1c(Br)ccc2c1C(=O)[C@@H]1OCCC[C@H]1O2. The lowest BCUT2D eigenvalue weighted by atomic mass is 9.91. The van der Waals surface area contributed by atoms with Crippen LogP contribution in [0.2, 0.25) is 0 Å². The molecule has 1 fully saturated rings. The number of hydrogen-bond acceptors (Lipinski definition) is 3. The van der Waals surface area contributed by atoms with Gasteiger partial charge in [0.25, 0.3) is 0 Å². The van der Waals surface area contributed by atoms with E-state index in [1.54, 1.807) is 0 Å². The minimum Gasteiger partial charge on any atom is -0.486 e. The van der Waals surface area contributed by atoms with Gasteiger partial charge in [0.1, 0.15) is 11.9 Å². The van der Waals surface area contributed by atoms with Gasteiger partial charge >= 0.3 is 0 Å². The highest BCUT2D eigenvalue weighted by molar-refractivity contribution is 9.10. The van der Waals surface area contributed by atoms with Crippen molar-refractivity contribution < 1.29 is 14.3 Å². The van der Waals surface area contributed by atoms with Gasteiger partial charge in [0.2, 0.25) is 0 Å². The lowest BCUT2D eigenvalue weighted by molar-refractivity contribution is -0.0518. The second-order valence-electron chi connectivity index (χ2n) is 4.50. The van der Waals surface area contributed by atoms with Crippen molar-refractivity contribution in [3.8, 4) is 5.75 Å². The normalized spacial score (nSPS) is 27.1. The number of ketones is 1. The van der Waals surface area contributed by atoms with Crippen molar-refractivity contribution in [1.82, 2.24) is 0 Å². The molecule has 2 aliphatic rings. The second kappa shape index (κ2) is 4.10. The highest BCUT2D eigenvalue weighted by atomic mass is 79.9. The van der Waals surface area contributed by atoms with E-state index < -0.39 is 6.10 Å². The summed E-state index contributed by atoms with van der Waals surface area (Å²) in [7, 11) is 0. The van der Waals surface area contributed by atoms with E-state index in [0.717, 1.165) is 22.9 Å². The summed E-state index contributed by atoms with van der Waals surface area (Å²) < 4.78 is 12.4.